The van der Waals surface area contributed by atoms with E-state index in [0.717, 1.165) is 10.9 Å². The van der Waals surface area contributed by atoms with E-state index in [1.807, 2.05) is 12.1 Å². The molecule has 37 heavy (non-hydrogen) atoms. The molecule has 0 radical (unpaired) electrons. The van der Waals surface area contributed by atoms with Crippen molar-refractivity contribution in [3.8, 4) is 5.75 Å². The van der Waals surface area contributed by atoms with Crippen molar-refractivity contribution in [1.82, 2.24) is 4.90 Å². The molecule has 1 aliphatic rings. The van der Waals surface area contributed by atoms with E-state index in [-0.39, 0.29) is 36.9 Å². The van der Waals surface area contributed by atoms with Gasteiger partial charge in [0.1, 0.15) is 23.8 Å². The average molecular weight is 502 g/mol. The summed E-state index contributed by atoms with van der Waals surface area (Å²) in [4.78, 5) is 28.0. The summed E-state index contributed by atoms with van der Waals surface area (Å²) in [7, 11) is 1.51. The molecule has 1 unspecified atom stereocenters. The van der Waals surface area contributed by atoms with E-state index in [4.69, 9.17) is 13.9 Å². The van der Waals surface area contributed by atoms with Gasteiger partial charge in [-0.3, -0.25) is 9.59 Å². The van der Waals surface area contributed by atoms with Gasteiger partial charge in [-0.25, -0.2) is 4.39 Å². The quantitative estimate of drug-likeness (QED) is 0.310. The molecular weight excluding hydrogens is 477 g/mol. The highest BCUT2D eigenvalue weighted by atomic mass is 19.1. The van der Waals surface area contributed by atoms with E-state index in [0.29, 0.717) is 16.9 Å². The van der Waals surface area contributed by atoms with Crippen molar-refractivity contribution in [3.63, 3.8) is 0 Å². The molecule has 0 fully saturated rings. The van der Waals surface area contributed by atoms with Crippen LogP contribution in [0.3, 0.4) is 0 Å². The zero-order valence-corrected chi connectivity index (χ0v) is 20.0. The Bertz CT molecular complexity index is 1440. The lowest BCUT2D eigenvalue weighted by atomic mass is 9.95. The number of furan rings is 1. The van der Waals surface area contributed by atoms with Crippen LogP contribution in [0.25, 0.3) is 11.0 Å². The third-order valence-corrected chi connectivity index (χ3v) is 6.25. The topological polar surface area (TPSA) is 89.2 Å². The van der Waals surface area contributed by atoms with Crippen molar-refractivity contribution in [3.05, 3.63) is 113 Å². The molecule has 0 bridgehead atoms. The van der Waals surface area contributed by atoms with Crippen LogP contribution in [0.4, 0.5) is 4.39 Å². The zero-order valence-electron chi connectivity index (χ0n) is 20.0. The van der Waals surface area contributed by atoms with Crippen molar-refractivity contribution in [2.24, 2.45) is 0 Å². The lowest BCUT2D eigenvalue weighted by molar-refractivity contribution is -0.130. The van der Waals surface area contributed by atoms with E-state index in [2.05, 4.69) is 0 Å². The second-order valence-electron chi connectivity index (χ2n) is 8.62. The number of amides is 1. The van der Waals surface area contributed by atoms with Crippen LogP contribution < -0.4 is 4.74 Å². The number of carbonyl (C=O) groups is 2. The first-order valence-electron chi connectivity index (χ1n) is 11.7. The Morgan fingerprint density at radius 3 is 2.49 bits per heavy atom. The number of carbonyl (C=O) groups excluding carboxylic acids is 2. The summed E-state index contributed by atoms with van der Waals surface area (Å²) in [6.45, 7) is 0.641. The Kier molecular flexibility index (Phi) is 6.74. The summed E-state index contributed by atoms with van der Waals surface area (Å²) in [6.07, 6.45) is 0. The first-order valence-corrected chi connectivity index (χ1v) is 11.7. The first kappa shape index (κ1) is 24.3. The lowest BCUT2D eigenvalue weighted by Gasteiger charge is -2.26. The molecule has 1 N–H and O–H groups in total. The van der Waals surface area contributed by atoms with Crippen LogP contribution in [0.2, 0.25) is 0 Å². The van der Waals surface area contributed by atoms with Crippen LogP contribution in [-0.2, 0) is 16.1 Å². The van der Waals surface area contributed by atoms with Crippen molar-refractivity contribution in [2.75, 3.05) is 20.3 Å². The van der Waals surface area contributed by atoms with Gasteiger partial charge in [0, 0.05) is 19.0 Å². The number of methoxy groups -OCH3 is 1. The number of para-hydroxylation sites is 1. The van der Waals surface area contributed by atoms with Gasteiger partial charge in [-0.15, -0.1) is 0 Å². The Morgan fingerprint density at radius 2 is 1.78 bits per heavy atom. The lowest BCUT2D eigenvalue weighted by Crippen LogP contribution is -2.33. The molecule has 8 heteroatoms. The number of aliphatic hydroxyl groups is 1. The molecule has 0 spiro atoms. The van der Waals surface area contributed by atoms with Crippen LogP contribution in [0.1, 0.15) is 27.7 Å². The molecule has 188 valence electrons. The number of ketones is 1. The summed E-state index contributed by atoms with van der Waals surface area (Å²) >= 11 is 0. The standard InChI is InChI=1S/C29H24FNO6/c1-35-15-14-31-26(19-8-12-22(13-9-19)36-17-18-6-10-21(30)11-7-18)25(28(33)29(31)34)27(32)24-16-20-4-2-3-5-23(20)37-24/h2-13,16,26,33H,14-15,17H2,1H3. The molecule has 1 amide bonds. The Hall–Kier alpha value is -4.43. The predicted molar refractivity (Wildman–Crippen MR) is 134 cm³/mol. The van der Waals surface area contributed by atoms with E-state index >= 15 is 0 Å². The number of fused-ring (bicyclic) bond motifs is 1. The zero-order chi connectivity index (χ0) is 25.9. The second-order valence-corrected chi connectivity index (χ2v) is 8.62. The van der Waals surface area contributed by atoms with Gasteiger partial charge in [0.2, 0.25) is 5.78 Å². The fourth-order valence-corrected chi connectivity index (χ4v) is 4.37. The molecular formula is C29H24FNO6. The van der Waals surface area contributed by atoms with Crippen LogP contribution >= 0.6 is 0 Å². The maximum atomic E-state index is 13.6. The number of aliphatic hydroxyl groups excluding tert-OH is 1. The molecule has 1 atom stereocenters. The summed E-state index contributed by atoms with van der Waals surface area (Å²) in [5.41, 5.74) is 1.90. The van der Waals surface area contributed by atoms with E-state index in [1.54, 1.807) is 54.6 Å². The van der Waals surface area contributed by atoms with Crippen LogP contribution in [0, 0.1) is 5.82 Å². The minimum atomic E-state index is -0.838. The second kappa shape index (κ2) is 10.3. The number of hydrogen-bond donors (Lipinski definition) is 1. The molecule has 2 heterocycles. The third kappa shape index (κ3) is 4.83. The summed E-state index contributed by atoms with van der Waals surface area (Å²) < 4.78 is 29.8. The van der Waals surface area contributed by atoms with Crippen molar-refractivity contribution >= 4 is 22.7 Å². The van der Waals surface area contributed by atoms with Crippen molar-refractivity contribution in [1.29, 1.82) is 0 Å². The predicted octanol–water partition coefficient (Wildman–Crippen LogP) is 5.38. The average Bonchev–Trinajstić information content (AvgIpc) is 3.46. The highest BCUT2D eigenvalue weighted by Crippen LogP contribution is 2.40. The minimum absolute atomic E-state index is 0.0355. The Balaban J connectivity index is 1.44. The number of rotatable bonds is 9. The van der Waals surface area contributed by atoms with E-state index in [9.17, 15) is 19.1 Å². The first-order chi connectivity index (χ1) is 18.0. The van der Waals surface area contributed by atoms with Crippen molar-refractivity contribution < 1.29 is 33.0 Å². The largest absolute Gasteiger partial charge is 0.503 e. The SMILES string of the molecule is COCCN1C(=O)C(O)=C(C(=O)c2cc3ccccc3o2)C1c1ccc(OCc2ccc(F)cc2)cc1. The monoisotopic (exact) mass is 501 g/mol. The number of hydrogen-bond acceptors (Lipinski definition) is 6. The molecule has 0 saturated heterocycles. The molecule has 1 aliphatic heterocycles. The van der Waals surface area contributed by atoms with Gasteiger partial charge in [0.05, 0.1) is 18.2 Å². The van der Waals surface area contributed by atoms with Crippen molar-refractivity contribution in [2.45, 2.75) is 12.6 Å². The fraction of sp³-hybridized carbons (Fsp3) is 0.172. The van der Waals surface area contributed by atoms with Gasteiger partial charge in [-0.1, -0.05) is 42.5 Å². The highest BCUT2D eigenvalue weighted by Gasteiger charge is 2.44. The van der Waals surface area contributed by atoms with Crippen LogP contribution in [0.15, 0.2) is 94.6 Å². The third-order valence-electron chi connectivity index (χ3n) is 6.25. The number of ether oxygens (including phenoxy) is 2. The fourth-order valence-electron chi connectivity index (χ4n) is 4.37. The van der Waals surface area contributed by atoms with E-state index < -0.39 is 23.5 Å². The number of benzene rings is 3. The van der Waals surface area contributed by atoms with Crippen LogP contribution in [0.5, 0.6) is 5.75 Å². The molecule has 7 nitrogen and oxygen atoms in total. The van der Waals surface area contributed by atoms with Gasteiger partial charge in [0.25, 0.3) is 5.91 Å². The van der Waals surface area contributed by atoms with Gasteiger partial charge in [-0.2, -0.15) is 0 Å². The maximum Gasteiger partial charge on any atom is 0.290 e. The van der Waals surface area contributed by atoms with Gasteiger partial charge in [-0.05, 0) is 47.5 Å². The summed E-state index contributed by atoms with van der Waals surface area (Å²) in [5, 5.41) is 11.5. The number of nitrogens with zero attached hydrogens (tertiary/aromatic N) is 1. The van der Waals surface area contributed by atoms with Gasteiger partial charge >= 0.3 is 0 Å². The maximum absolute atomic E-state index is 13.6. The molecule has 4 aromatic rings. The molecule has 0 aliphatic carbocycles. The molecule has 0 saturated carbocycles. The van der Waals surface area contributed by atoms with Gasteiger partial charge < -0.3 is 23.9 Å². The smallest absolute Gasteiger partial charge is 0.290 e. The summed E-state index contributed by atoms with van der Waals surface area (Å²) in [6, 6.07) is 20.9. The number of halogens is 1. The van der Waals surface area contributed by atoms with Gasteiger partial charge in [0.15, 0.2) is 11.5 Å². The highest BCUT2D eigenvalue weighted by molar-refractivity contribution is 6.16. The minimum Gasteiger partial charge on any atom is -0.503 e. The summed E-state index contributed by atoms with van der Waals surface area (Å²) in [5.74, 6) is -1.56. The molecule has 1 aromatic heterocycles. The molecule has 3 aromatic carbocycles. The Labute approximate surface area is 212 Å². The number of Topliss-reactive ketones (excluding diaryl/α,β-unsaturated/α-hetero) is 1. The Morgan fingerprint density at radius 1 is 1.05 bits per heavy atom. The van der Waals surface area contributed by atoms with E-state index in [1.165, 1.54) is 24.1 Å². The molecule has 5 rings (SSSR count). The normalized spacial score (nSPS) is 15.6. The van der Waals surface area contributed by atoms with Crippen LogP contribution in [-0.4, -0.2) is 42.0 Å².